The number of Topliss-reactive ketones (excluding diaryl/α,β-unsaturated/α-hetero) is 1. The Labute approximate surface area is 386 Å². The van der Waals surface area contributed by atoms with Gasteiger partial charge in [-0.25, -0.2) is 0 Å². The molecule has 0 aromatic carbocycles. The summed E-state index contributed by atoms with van der Waals surface area (Å²) < 4.78 is 9.49. The Morgan fingerprint density at radius 2 is 0.967 bits per heavy atom. The van der Waals surface area contributed by atoms with Crippen LogP contribution in [0.1, 0.15) is 199 Å². The minimum Gasteiger partial charge on any atom is -0.469 e. The summed E-state index contributed by atoms with van der Waals surface area (Å²) in [5.41, 5.74) is 4.36. The Kier molecular flexibility index (Phi) is 24.5. The SMILES string of the molecule is C.C.C.COC(=O)CC[C@@H](C)[C@H]1CCC2/C(=C/Br)CCC[C@@]21C.COC(=O)CC[C@@H](C)[C@H]1CCC2C(=O)CCC[C@@]21C.C[C@H](CCC=O)[C@H]1CCC2/C(=C/Br)CCC[C@@]21C. The van der Waals surface area contributed by atoms with E-state index in [1.54, 1.807) is 11.1 Å². The lowest BCUT2D eigenvalue weighted by Crippen LogP contribution is -2.39. The van der Waals surface area contributed by atoms with Crippen molar-refractivity contribution in [3.63, 3.8) is 0 Å². The number of ether oxygens (including phenoxy) is 2. The second-order valence-electron chi connectivity index (χ2n) is 20.0. The first-order valence-corrected chi connectivity index (χ1v) is 24.7. The number of hydrogen-bond donors (Lipinski definition) is 0. The van der Waals surface area contributed by atoms with Gasteiger partial charge in [0.15, 0.2) is 0 Å². The summed E-state index contributed by atoms with van der Waals surface area (Å²) in [4.78, 5) is 49.6. The third-order valence-electron chi connectivity index (χ3n) is 17.2. The number of esters is 2. The van der Waals surface area contributed by atoms with Crippen LogP contribution in [0, 0.1) is 69.5 Å². The van der Waals surface area contributed by atoms with E-state index in [1.165, 1.54) is 84.8 Å². The predicted octanol–water partition coefficient (Wildman–Crippen LogP) is 15.4. The van der Waals surface area contributed by atoms with Crippen molar-refractivity contribution in [1.29, 1.82) is 0 Å². The lowest BCUT2D eigenvalue weighted by atomic mass is 9.61. The Morgan fingerprint density at radius 1 is 0.617 bits per heavy atom. The number of hydrogen-bond acceptors (Lipinski definition) is 6. The molecule has 6 aliphatic rings. The highest BCUT2D eigenvalue weighted by molar-refractivity contribution is 9.11. The average Bonchev–Trinajstić information content (AvgIpc) is 3.88. The van der Waals surface area contributed by atoms with Crippen molar-refractivity contribution < 1.29 is 28.7 Å². The number of rotatable bonds is 12. The summed E-state index contributed by atoms with van der Waals surface area (Å²) in [6.07, 6.45) is 24.3. The van der Waals surface area contributed by atoms with Gasteiger partial charge in [-0.15, -0.1) is 0 Å². The number of allylic oxidation sites excluding steroid dienone is 2. The molecule has 0 N–H and O–H groups in total. The van der Waals surface area contributed by atoms with Crippen LogP contribution in [-0.4, -0.2) is 38.2 Å². The summed E-state index contributed by atoms with van der Waals surface area (Å²) in [6, 6.07) is 0. The van der Waals surface area contributed by atoms with E-state index in [2.05, 4.69) is 83.4 Å². The lowest BCUT2D eigenvalue weighted by molar-refractivity contribution is -0.142. The molecule has 0 spiro atoms. The molecule has 6 fully saturated rings. The monoisotopic (exact) mass is 969 g/mol. The van der Waals surface area contributed by atoms with Crippen LogP contribution < -0.4 is 0 Å². The molecule has 8 heteroatoms. The largest absolute Gasteiger partial charge is 0.469 e. The first-order chi connectivity index (χ1) is 27.1. The molecule has 0 radical (unpaired) electrons. The maximum absolute atomic E-state index is 12.1. The first-order valence-electron chi connectivity index (χ1n) is 22.8. The third-order valence-corrected chi connectivity index (χ3v) is 18.3. The van der Waals surface area contributed by atoms with Gasteiger partial charge in [-0.3, -0.25) is 14.4 Å². The van der Waals surface area contributed by atoms with Crippen LogP contribution in [0.25, 0.3) is 0 Å². The highest BCUT2D eigenvalue weighted by atomic mass is 79.9. The summed E-state index contributed by atoms with van der Waals surface area (Å²) in [6.45, 7) is 14.2. The van der Waals surface area contributed by atoms with E-state index in [0.717, 1.165) is 81.3 Å². The standard InChI is InChI=1S/C17H27BrO2.C16H25BrO.C16H26O3.3CH4/c1-12(6-9-16(19)20-3)14-7-8-15-13(11-18)5-4-10-17(14,15)2;1-12(5-4-10-18)14-7-8-15-13(11-17)6-3-9-16(14,15)2;1-11(6-9-15(18)19-3)12-7-8-13-14(17)5-4-10-16(12,13)2;;;/h11-12,14-15H,4-10H2,1-3H3;10-12,14-15H,3-9H2,1-2H3;11-13H,4-10H2,1-3H3;3*1H4/b2*13-11+;;;;/t12-,14-,15?,17-;12-,14-,15?,16-;11-,12-,13?,16-;;;/m111.../s1. The van der Waals surface area contributed by atoms with Gasteiger partial charge in [-0.2, -0.15) is 0 Å². The topological polar surface area (TPSA) is 86.7 Å². The van der Waals surface area contributed by atoms with Crippen molar-refractivity contribution in [2.24, 2.45) is 69.5 Å². The lowest BCUT2D eigenvalue weighted by Gasteiger charge is -2.44. The zero-order valence-electron chi connectivity index (χ0n) is 37.0. The van der Waals surface area contributed by atoms with E-state index in [4.69, 9.17) is 9.47 Å². The highest BCUT2D eigenvalue weighted by Gasteiger charge is 2.53. The molecule has 0 aromatic rings. The van der Waals surface area contributed by atoms with E-state index in [1.807, 2.05) is 0 Å². The van der Waals surface area contributed by atoms with Crippen LogP contribution in [0.5, 0.6) is 0 Å². The molecule has 6 nitrogen and oxygen atoms in total. The Hall–Kier alpha value is -1.28. The van der Waals surface area contributed by atoms with E-state index >= 15 is 0 Å². The van der Waals surface area contributed by atoms with Gasteiger partial charge in [-0.05, 0) is 183 Å². The first kappa shape index (κ1) is 56.7. The zero-order chi connectivity index (χ0) is 42.0. The number of ketones is 1. The molecule has 0 saturated heterocycles. The molecule has 3 unspecified atom stereocenters. The van der Waals surface area contributed by atoms with E-state index in [0.29, 0.717) is 53.1 Å². The minimum absolute atomic E-state index is 0. The summed E-state index contributed by atoms with van der Waals surface area (Å²) in [5, 5.41) is 0. The van der Waals surface area contributed by atoms with Gasteiger partial charge < -0.3 is 14.3 Å². The molecular formula is C52H90Br2O6. The number of methoxy groups -OCH3 is 2. The minimum atomic E-state index is -0.119. The van der Waals surface area contributed by atoms with Crippen molar-refractivity contribution >= 4 is 55.9 Å². The molecule has 0 aromatic heterocycles. The zero-order valence-corrected chi connectivity index (χ0v) is 40.2. The van der Waals surface area contributed by atoms with Gasteiger partial charge in [0.1, 0.15) is 12.1 Å². The normalized spacial score (nSPS) is 35.5. The molecule has 6 saturated carbocycles. The van der Waals surface area contributed by atoms with Crippen LogP contribution in [0.3, 0.4) is 0 Å². The highest BCUT2D eigenvalue weighted by Crippen LogP contribution is 2.61. The molecule has 0 aliphatic heterocycles. The molecule has 6 rings (SSSR count). The van der Waals surface area contributed by atoms with Crippen LogP contribution in [0.15, 0.2) is 21.1 Å². The maximum atomic E-state index is 12.1. The van der Waals surface area contributed by atoms with E-state index < -0.39 is 0 Å². The average molecular weight is 971 g/mol. The fourth-order valence-corrected chi connectivity index (χ4v) is 15.1. The second kappa shape index (κ2) is 25.9. The molecule has 12 atom stereocenters. The van der Waals surface area contributed by atoms with Crippen molar-refractivity contribution in [2.75, 3.05) is 14.2 Å². The second-order valence-corrected chi connectivity index (χ2v) is 20.9. The molecule has 6 aliphatic carbocycles. The summed E-state index contributed by atoms with van der Waals surface area (Å²) >= 11 is 7.13. The van der Waals surface area contributed by atoms with E-state index in [9.17, 15) is 19.2 Å². The van der Waals surface area contributed by atoms with Gasteiger partial charge in [0, 0.05) is 31.6 Å². The fraction of sp³-hybridized carbons (Fsp3) is 0.846. The van der Waals surface area contributed by atoms with Gasteiger partial charge in [0.05, 0.1) is 14.2 Å². The fourth-order valence-electron chi connectivity index (χ4n) is 14.0. The number of carbonyl (C=O) groups is 4. The van der Waals surface area contributed by atoms with Crippen LogP contribution in [0.4, 0.5) is 0 Å². The molecule has 348 valence electrons. The molecule has 60 heavy (non-hydrogen) atoms. The van der Waals surface area contributed by atoms with Crippen molar-refractivity contribution in [3.8, 4) is 0 Å². The quantitative estimate of drug-likeness (QED) is 0.143. The number of fused-ring (bicyclic) bond motifs is 3. The number of carbonyl (C=O) groups excluding carboxylic acids is 4. The Bertz CT molecular complexity index is 1420. The van der Waals surface area contributed by atoms with Crippen LogP contribution in [0.2, 0.25) is 0 Å². The third kappa shape index (κ3) is 12.9. The molecule has 0 heterocycles. The van der Waals surface area contributed by atoms with Gasteiger partial charge in [-0.1, -0.05) is 107 Å². The van der Waals surface area contributed by atoms with Crippen molar-refractivity contribution in [3.05, 3.63) is 21.1 Å². The van der Waals surface area contributed by atoms with Crippen molar-refractivity contribution in [2.45, 2.75) is 199 Å². The summed E-state index contributed by atoms with van der Waals surface area (Å²) in [7, 11) is 2.92. The van der Waals surface area contributed by atoms with E-state index in [-0.39, 0.29) is 45.6 Å². The van der Waals surface area contributed by atoms with Gasteiger partial charge in [0.25, 0.3) is 0 Å². The van der Waals surface area contributed by atoms with Gasteiger partial charge >= 0.3 is 11.9 Å². The maximum Gasteiger partial charge on any atom is 0.305 e. The van der Waals surface area contributed by atoms with Gasteiger partial charge in [0.2, 0.25) is 0 Å². The smallest absolute Gasteiger partial charge is 0.305 e. The number of aldehydes is 1. The van der Waals surface area contributed by atoms with Crippen molar-refractivity contribution in [1.82, 2.24) is 0 Å². The summed E-state index contributed by atoms with van der Waals surface area (Å²) in [5.74, 6) is 6.07. The Morgan fingerprint density at radius 3 is 1.33 bits per heavy atom. The van der Waals surface area contributed by atoms with Crippen LogP contribution >= 0.6 is 31.9 Å². The number of halogens is 2. The Balaban J connectivity index is 0.000000440. The van der Waals surface area contributed by atoms with Crippen LogP contribution in [-0.2, 0) is 28.7 Å². The molecule has 0 amide bonds. The molecule has 0 bridgehead atoms. The molecular weight excluding hydrogens is 880 g/mol. The predicted molar refractivity (Wildman–Crippen MR) is 259 cm³/mol.